The van der Waals surface area contributed by atoms with E-state index >= 15 is 0 Å². The van der Waals surface area contributed by atoms with Crippen molar-refractivity contribution in [2.24, 2.45) is 0 Å². The molecule has 0 aromatic heterocycles. The predicted molar refractivity (Wildman–Crippen MR) is 64.3 cm³/mol. The van der Waals surface area contributed by atoms with E-state index < -0.39 is 0 Å². The number of nitrogens with zero attached hydrogens (tertiary/aromatic N) is 1. The summed E-state index contributed by atoms with van der Waals surface area (Å²) >= 11 is 0. The third kappa shape index (κ3) is 3.19. The fraction of sp³-hybridized carbons (Fsp3) is 0.917. The number of piperazine rings is 1. The summed E-state index contributed by atoms with van der Waals surface area (Å²) in [5.41, 5.74) is 0. The summed E-state index contributed by atoms with van der Waals surface area (Å²) in [6.07, 6.45) is 5.14. The minimum absolute atomic E-state index is 0.176. The van der Waals surface area contributed by atoms with E-state index in [1.165, 1.54) is 25.7 Å². The highest BCUT2D eigenvalue weighted by Crippen LogP contribution is 2.15. The second-order valence-electron chi connectivity index (χ2n) is 5.05. The Balaban J connectivity index is 1.77. The van der Waals surface area contributed by atoms with Crippen LogP contribution in [0.1, 0.15) is 32.6 Å². The molecule has 0 spiro atoms. The van der Waals surface area contributed by atoms with Crippen LogP contribution in [0.5, 0.6) is 0 Å². The van der Waals surface area contributed by atoms with Gasteiger partial charge in [0.25, 0.3) is 0 Å². The highest BCUT2D eigenvalue weighted by atomic mass is 16.2. The number of piperidine rings is 1. The molecule has 2 heterocycles. The number of carbonyl (C=O) groups is 1. The van der Waals surface area contributed by atoms with E-state index in [0.29, 0.717) is 18.6 Å². The second-order valence-corrected chi connectivity index (χ2v) is 5.05. The lowest BCUT2D eigenvalue weighted by Crippen LogP contribution is -2.52. The van der Waals surface area contributed by atoms with Gasteiger partial charge in [0, 0.05) is 25.2 Å². The molecule has 0 aromatic carbocycles. The van der Waals surface area contributed by atoms with Crippen LogP contribution < -0.4 is 10.6 Å². The van der Waals surface area contributed by atoms with Crippen molar-refractivity contribution in [3.8, 4) is 0 Å². The van der Waals surface area contributed by atoms with Crippen LogP contribution in [0.2, 0.25) is 0 Å². The third-order valence-electron chi connectivity index (χ3n) is 3.73. The second kappa shape index (κ2) is 5.64. The molecule has 0 aromatic rings. The Labute approximate surface area is 97.8 Å². The van der Waals surface area contributed by atoms with Crippen LogP contribution in [0, 0.1) is 0 Å². The van der Waals surface area contributed by atoms with Gasteiger partial charge >= 0.3 is 0 Å². The quantitative estimate of drug-likeness (QED) is 0.728. The molecule has 0 aliphatic carbocycles. The number of hydrogen-bond donors (Lipinski definition) is 2. The van der Waals surface area contributed by atoms with Gasteiger partial charge < -0.3 is 10.6 Å². The summed E-state index contributed by atoms with van der Waals surface area (Å²) < 4.78 is 0. The van der Waals surface area contributed by atoms with Gasteiger partial charge in [-0.15, -0.1) is 0 Å². The number of hydrogen-bond acceptors (Lipinski definition) is 3. The van der Waals surface area contributed by atoms with E-state index in [1.54, 1.807) is 0 Å². The summed E-state index contributed by atoms with van der Waals surface area (Å²) in [5.74, 6) is 0.176. The standard InChI is InChI=1S/C12H23N3O/c1-10(8-11-4-2-3-5-13-11)15-7-6-14-12(16)9-15/h10-11,13H,2-9H2,1H3,(H,14,16). The van der Waals surface area contributed by atoms with Crippen molar-refractivity contribution < 1.29 is 4.79 Å². The zero-order chi connectivity index (χ0) is 11.4. The Morgan fingerprint density at radius 1 is 1.44 bits per heavy atom. The maximum Gasteiger partial charge on any atom is 0.234 e. The molecule has 0 saturated carbocycles. The van der Waals surface area contributed by atoms with Gasteiger partial charge in [0.1, 0.15) is 0 Å². The lowest BCUT2D eigenvalue weighted by atomic mass is 9.98. The fourth-order valence-electron chi connectivity index (χ4n) is 2.72. The number of nitrogens with one attached hydrogen (secondary N) is 2. The molecule has 2 saturated heterocycles. The molecule has 1 amide bonds. The molecular formula is C12H23N3O. The first-order valence-corrected chi connectivity index (χ1v) is 6.50. The molecule has 2 atom stereocenters. The van der Waals surface area contributed by atoms with Crippen molar-refractivity contribution in [1.29, 1.82) is 0 Å². The van der Waals surface area contributed by atoms with Crippen LogP contribution in [-0.4, -0.2) is 49.1 Å². The van der Waals surface area contributed by atoms with E-state index in [4.69, 9.17) is 0 Å². The molecule has 2 aliphatic heterocycles. The summed E-state index contributed by atoms with van der Waals surface area (Å²) in [6, 6.07) is 1.18. The molecule has 4 heteroatoms. The lowest BCUT2D eigenvalue weighted by Gasteiger charge is -2.35. The Morgan fingerprint density at radius 2 is 2.31 bits per heavy atom. The first-order chi connectivity index (χ1) is 7.75. The molecule has 0 radical (unpaired) electrons. The van der Waals surface area contributed by atoms with Gasteiger partial charge in [-0.1, -0.05) is 6.42 Å². The minimum Gasteiger partial charge on any atom is -0.354 e. The van der Waals surface area contributed by atoms with Crippen LogP contribution in [0.15, 0.2) is 0 Å². The van der Waals surface area contributed by atoms with Gasteiger partial charge in [-0.3, -0.25) is 9.69 Å². The van der Waals surface area contributed by atoms with E-state index in [-0.39, 0.29) is 5.91 Å². The normalized spacial score (nSPS) is 29.8. The average Bonchev–Trinajstić information content (AvgIpc) is 2.30. The van der Waals surface area contributed by atoms with Crippen molar-refractivity contribution in [2.75, 3.05) is 26.2 Å². The first kappa shape index (κ1) is 11.9. The summed E-state index contributed by atoms with van der Waals surface area (Å²) in [7, 11) is 0. The van der Waals surface area contributed by atoms with Crippen LogP contribution >= 0.6 is 0 Å². The van der Waals surface area contributed by atoms with E-state index in [1.807, 2.05) is 0 Å². The highest BCUT2D eigenvalue weighted by molar-refractivity contribution is 5.78. The molecule has 2 rings (SSSR count). The van der Waals surface area contributed by atoms with Gasteiger partial charge in [0.05, 0.1) is 6.54 Å². The Hall–Kier alpha value is -0.610. The summed E-state index contributed by atoms with van der Waals surface area (Å²) in [4.78, 5) is 13.6. The number of rotatable bonds is 3. The van der Waals surface area contributed by atoms with Crippen molar-refractivity contribution in [1.82, 2.24) is 15.5 Å². The molecule has 92 valence electrons. The first-order valence-electron chi connectivity index (χ1n) is 6.50. The smallest absolute Gasteiger partial charge is 0.234 e. The molecule has 4 nitrogen and oxygen atoms in total. The fourth-order valence-corrected chi connectivity index (χ4v) is 2.72. The van der Waals surface area contributed by atoms with E-state index in [2.05, 4.69) is 22.5 Å². The molecule has 2 unspecified atom stereocenters. The number of amides is 1. The maximum absolute atomic E-state index is 11.3. The van der Waals surface area contributed by atoms with Crippen molar-refractivity contribution in [3.63, 3.8) is 0 Å². The van der Waals surface area contributed by atoms with Gasteiger partial charge in [-0.05, 0) is 32.7 Å². The number of carbonyl (C=O) groups excluding carboxylic acids is 1. The summed E-state index contributed by atoms with van der Waals surface area (Å²) in [6.45, 7) is 5.79. The Kier molecular flexibility index (Phi) is 4.18. The lowest BCUT2D eigenvalue weighted by molar-refractivity contribution is -0.124. The predicted octanol–water partition coefficient (Wildman–Crippen LogP) is 0.339. The van der Waals surface area contributed by atoms with E-state index in [9.17, 15) is 4.79 Å². The van der Waals surface area contributed by atoms with Gasteiger partial charge in [0.15, 0.2) is 0 Å². The van der Waals surface area contributed by atoms with Crippen LogP contribution in [0.3, 0.4) is 0 Å². The molecule has 16 heavy (non-hydrogen) atoms. The van der Waals surface area contributed by atoms with E-state index in [0.717, 1.165) is 19.6 Å². The van der Waals surface area contributed by atoms with Crippen molar-refractivity contribution in [3.05, 3.63) is 0 Å². The largest absolute Gasteiger partial charge is 0.354 e. The zero-order valence-electron chi connectivity index (χ0n) is 10.2. The monoisotopic (exact) mass is 225 g/mol. The Bertz CT molecular complexity index is 238. The summed E-state index contributed by atoms with van der Waals surface area (Å²) in [5, 5.41) is 6.45. The zero-order valence-corrected chi connectivity index (χ0v) is 10.2. The van der Waals surface area contributed by atoms with Crippen LogP contribution in [-0.2, 0) is 4.79 Å². The third-order valence-corrected chi connectivity index (χ3v) is 3.73. The maximum atomic E-state index is 11.3. The van der Waals surface area contributed by atoms with Gasteiger partial charge in [-0.25, -0.2) is 0 Å². The molecule has 0 bridgehead atoms. The molecule has 2 aliphatic rings. The minimum atomic E-state index is 0.176. The topological polar surface area (TPSA) is 44.4 Å². The van der Waals surface area contributed by atoms with Gasteiger partial charge in [0.2, 0.25) is 5.91 Å². The van der Waals surface area contributed by atoms with Crippen molar-refractivity contribution >= 4 is 5.91 Å². The van der Waals surface area contributed by atoms with Crippen LogP contribution in [0.25, 0.3) is 0 Å². The average molecular weight is 225 g/mol. The highest BCUT2D eigenvalue weighted by Gasteiger charge is 2.24. The van der Waals surface area contributed by atoms with Gasteiger partial charge in [-0.2, -0.15) is 0 Å². The molecule has 2 N–H and O–H groups in total. The Morgan fingerprint density at radius 3 is 3.00 bits per heavy atom. The van der Waals surface area contributed by atoms with Crippen LogP contribution in [0.4, 0.5) is 0 Å². The molecular weight excluding hydrogens is 202 g/mol. The molecule has 2 fully saturated rings. The SMILES string of the molecule is CC(CC1CCCCN1)N1CCNC(=O)C1. The van der Waals surface area contributed by atoms with Crippen molar-refractivity contribution in [2.45, 2.75) is 44.7 Å².